The summed E-state index contributed by atoms with van der Waals surface area (Å²) in [6.45, 7) is 0. The molecule has 6 aromatic carbocycles. The van der Waals surface area contributed by atoms with Crippen LogP contribution in [0.25, 0.3) is 66.1 Å². The van der Waals surface area contributed by atoms with E-state index in [1.54, 1.807) is 0 Å². The lowest BCUT2D eigenvalue weighted by atomic mass is 9.91. The minimum absolute atomic E-state index is 0.925. The zero-order valence-corrected chi connectivity index (χ0v) is 20.2. The molecule has 0 spiro atoms. The molecule has 1 nitrogen and oxygen atoms in total. The molecule has 7 aromatic rings. The molecule has 1 aromatic heterocycles. The van der Waals surface area contributed by atoms with Crippen molar-refractivity contribution < 1.29 is 4.42 Å². The number of furan rings is 1. The summed E-state index contributed by atoms with van der Waals surface area (Å²) in [5, 5.41) is 4.98. The topological polar surface area (TPSA) is 13.1 Å². The lowest BCUT2D eigenvalue weighted by Gasteiger charge is -2.21. The van der Waals surface area contributed by atoms with Crippen LogP contribution in [0.3, 0.4) is 0 Å². The van der Waals surface area contributed by atoms with Gasteiger partial charge in [0.1, 0.15) is 11.2 Å². The van der Waals surface area contributed by atoms with Gasteiger partial charge in [-0.25, -0.2) is 0 Å². The summed E-state index contributed by atoms with van der Waals surface area (Å²) in [7, 11) is 0. The Kier molecular flexibility index (Phi) is 4.22. The Hall–Kier alpha value is -4.27. The maximum Gasteiger partial charge on any atom is 0.136 e. The molecule has 36 heavy (non-hydrogen) atoms. The van der Waals surface area contributed by atoms with Crippen LogP contribution in [0.15, 0.2) is 136 Å². The first-order valence-electron chi connectivity index (χ1n) is 12.2. The monoisotopic (exact) mass is 476 g/mol. The van der Waals surface area contributed by atoms with E-state index >= 15 is 0 Å². The minimum atomic E-state index is 0.925. The second-order valence-electron chi connectivity index (χ2n) is 9.33. The predicted octanol–water partition coefficient (Wildman–Crippen LogP) is 10.2. The Morgan fingerprint density at radius 1 is 0.444 bits per heavy atom. The minimum Gasteiger partial charge on any atom is -0.456 e. The summed E-state index contributed by atoms with van der Waals surface area (Å²) in [4.78, 5) is 2.65. The molecule has 0 saturated carbocycles. The first-order chi connectivity index (χ1) is 17.8. The van der Waals surface area contributed by atoms with Crippen LogP contribution in [0, 0.1) is 0 Å². The van der Waals surface area contributed by atoms with Gasteiger partial charge in [-0.15, -0.1) is 0 Å². The van der Waals surface area contributed by atoms with Crippen LogP contribution in [0.2, 0.25) is 0 Å². The fourth-order valence-corrected chi connectivity index (χ4v) is 6.74. The molecule has 168 valence electrons. The number of hydrogen-bond donors (Lipinski definition) is 0. The molecule has 0 unspecified atom stereocenters. The molecule has 0 N–H and O–H groups in total. The summed E-state index contributed by atoms with van der Waals surface area (Å²) in [5.74, 6) is 0. The van der Waals surface area contributed by atoms with E-state index in [0.29, 0.717) is 0 Å². The van der Waals surface area contributed by atoms with Crippen molar-refractivity contribution in [1.82, 2.24) is 0 Å². The maximum atomic E-state index is 6.20. The molecule has 2 heterocycles. The average Bonchev–Trinajstić information content (AvgIpc) is 3.31. The Labute approximate surface area is 213 Å². The third kappa shape index (κ3) is 2.92. The van der Waals surface area contributed by atoms with Gasteiger partial charge in [-0.2, -0.15) is 0 Å². The standard InChI is InChI=1S/C34H20OS/c1-2-10-25(23-15-17-27-26-11-3-4-13-30(26)35-31(27)20-23)24(9-1)22-16-18-32-29(19-22)28-12-5-7-21-8-6-14-33(36-32)34(21)28/h1-20H. The molecule has 8 rings (SSSR count). The summed E-state index contributed by atoms with van der Waals surface area (Å²) in [5.41, 5.74) is 9.31. The highest BCUT2D eigenvalue weighted by Gasteiger charge is 2.20. The molecular formula is C34H20OS. The van der Waals surface area contributed by atoms with E-state index in [2.05, 4.69) is 109 Å². The van der Waals surface area contributed by atoms with Crippen LogP contribution in [0.4, 0.5) is 0 Å². The van der Waals surface area contributed by atoms with Crippen molar-refractivity contribution in [1.29, 1.82) is 0 Å². The van der Waals surface area contributed by atoms with E-state index in [-0.39, 0.29) is 0 Å². The van der Waals surface area contributed by atoms with Gasteiger partial charge in [0.05, 0.1) is 0 Å². The first-order valence-corrected chi connectivity index (χ1v) is 13.0. The highest BCUT2D eigenvalue weighted by Crippen LogP contribution is 2.49. The third-order valence-corrected chi connectivity index (χ3v) is 8.42. The van der Waals surface area contributed by atoms with E-state index < -0.39 is 0 Å². The van der Waals surface area contributed by atoms with E-state index in [9.17, 15) is 0 Å². The van der Waals surface area contributed by atoms with Gasteiger partial charge < -0.3 is 4.42 Å². The fourth-order valence-electron chi connectivity index (χ4n) is 5.61. The number of benzene rings is 6. The first kappa shape index (κ1) is 20.0. The molecule has 0 atom stereocenters. The summed E-state index contributed by atoms with van der Waals surface area (Å²) < 4.78 is 6.20. The third-order valence-electron chi connectivity index (χ3n) is 7.28. The Bertz CT molecular complexity index is 1970. The van der Waals surface area contributed by atoms with Crippen LogP contribution in [-0.4, -0.2) is 0 Å². The van der Waals surface area contributed by atoms with Gasteiger partial charge >= 0.3 is 0 Å². The SMILES string of the molecule is c1ccc(-c2ccc3c(c2)oc2ccccc23)c(-c2ccc3c(c2)-c2cccc4cccc(c24)S3)c1. The molecule has 0 fully saturated rings. The molecule has 0 saturated heterocycles. The number of rotatable bonds is 2. The predicted molar refractivity (Wildman–Crippen MR) is 152 cm³/mol. The summed E-state index contributed by atoms with van der Waals surface area (Å²) in [6, 6.07) is 43.7. The van der Waals surface area contributed by atoms with Crippen LogP contribution < -0.4 is 0 Å². The van der Waals surface area contributed by atoms with Gasteiger partial charge in [-0.05, 0) is 75.2 Å². The summed E-state index contributed by atoms with van der Waals surface area (Å²) in [6.07, 6.45) is 0. The highest BCUT2D eigenvalue weighted by atomic mass is 32.2. The van der Waals surface area contributed by atoms with Crippen LogP contribution in [-0.2, 0) is 0 Å². The lowest BCUT2D eigenvalue weighted by molar-refractivity contribution is 0.669. The van der Waals surface area contributed by atoms with Crippen molar-refractivity contribution in [2.45, 2.75) is 9.79 Å². The Morgan fingerprint density at radius 2 is 1.14 bits per heavy atom. The lowest BCUT2D eigenvalue weighted by Crippen LogP contribution is -1.94. The van der Waals surface area contributed by atoms with Crippen LogP contribution in [0.5, 0.6) is 0 Å². The van der Waals surface area contributed by atoms with Crippen molar-refractivity contribution in [2.24, 2.45) is 0 Å². The van der Waals surface area contributed by atoms with Gasteiger partial charge in [0, 0.05) is 25.9 Å². The van der Waals surface area contributed by atoms with Gasteiger partial charge in [0.2, 0.25) is 0 Å². The molecule has 0 amide bonds. The quantitative estimate of drug-likeness (QED) is 0.246. The van der Waals surface area contributed by atoms with Crippen LogP contribution in [0.1, 0.15) is 0 Å². The molecule has 1 aliphatic rings. The largest absolute Gasteiger partial charge is 0.456 e. The number of fused-ring (bicyclic) bond motifs is 5. The fraction of sp³-hybridized carbons (Fsp3) is 0. The van der Waals surface area contributed by atoms with Crippen molar-refractivity contribution in [3.05, 3.63) is 121 Å². The average molecular weight is 477 g/mol. The number of hydrogen-bond acceptors (Lipinski definition) is 2. The Balaban J connectivity index is 1.30. The van der Waals surface area contributed by atoms with Gasteiger partial charge in [0.15, 0.2) is 0 Å². The summed E-state index contributed by atoms with van der Waals surface area (Å²) >= 11 is 1.87. The molecule has 1 aliphatic heterocycles. The van der Waals surface area contributed by atoms with E-state index in [0.717, 1.165) is 27.5 Å². The van der Waals surface area contributed by atoms with Crippen molar-refractivity contribution in [3.63, 3.8) is 0 Å². The number of para-hydroxylation sites is 1. The van der Waals surface area contributed by atoms with Gasteiger partial charge in [-0.1, -0.05) is 96.7 Å². The van der Waals surface area contributed by atoms with E-state index in [1.165, 1.54) is 48.4 Å². The van der Waals surface area contributed by atoms with Gasteiger partial charge in [-0.3, -0.25) is 0 Å². The van der Waals surface area contributed by atoms with Crippen LogP contribution >= 0.6 is 11.8 Å². The van der Waals surface area contributed by atoms with E-state index in [4.69, 9.17) is 4.42 Å². The van der Waals surface area contributed by atoms with Gasteiger partial charge in [0.25, 0.3) is 0 Å². The Morgan fingerprint density at radius 3 is 2.03 bits per heavy atom. The molecule has 0 bridgehead atoms. The zero-order chi connectivity index (χ0) is 23.6. The second-order valence-corrected chi connectivity index (χ2v) is 10.4. The van der Waals surface area contributed by atoms with Crippen molar-refractivity contribution in [3.8, 4) is 33.4 Å². The molecule has 0 radical (unpaired) electrons. The normalized spacial score (nSPS) is 12.3. The van der Waals surface area contributed by atoms with Crippen molar-refractivity contribution >= 4 is 44.5 Å². The van der Waals surface area contributed by atoms with E-state index in [1.807, 2.05) is 23.9 Å². The van der Waals surface area contributed by atoms with Crippen molar-refractivity contribution in [2.75, 3.05) is 0 Å². The zero-order valence-electron chi connectivity index (χ0n) is 19.4. The molecule has 0 aliphatic carbocycles. The smallest absolute Gasteiger partial charge is 0.136 e. The molecule has 2 heteroatoms. The second kappa shape index (κ2) is 7.61. The maximum absolute atomic E-state index is 6.20. The molecular weight excluding hydrogens is 456 g/mol. The highest BCUT2D eigenvalue weighted by molar-refractivity contribution is 7.99.